The number of hydrogen-bond acceptors (Lipinski definition) is 1. The van der Waals surface area contributed by atoms with Gasteiger partial charge in [-0.1, -0.05) is 0 Å². The Balaban J connectivity index is 2.01. The van der Waals surface area contributed by atoms with Gasteiger partial charge in [0.2, 0.25) is 0 Å². The third-order valence-electron chi connectivity index (χ3n) is 3.19. The van der Waals surface area contributed by atoms with Crippen molar-refractivity contribution < 1.29 is 4.79 Å². The van der Waals surface area contributed by atoms with Gasteiger partial charge in [-0.3, -0.25) is 0 Å². The molecular formula is C19H14OSe. The van der Waals surface area contributed by atoms with Crippen molar-refractivity contribution in [3.63, 3.8) is 0 Å². The van der Waals surface area contributed by atoms with Crippen LogP contribution in [0.2, 0.25) is 0 Å². The second-order valence-corrected chi connectivity index (χ2v) is 6.93. The van der Waals surface area contributed by atoms with Gasteiger partial charge in [-0.2, -0.15) is 0 Å². The number of carbonyl (C=O) groups excluding carboxylic acids is 1. The van der Waals surface area contributed by atoms with Crippen LogP contribution in [0.15, 0.2) is 84.5 Å². The molecule has 2 heteroatoms. The summed E-state index contributed by atoms with van der Waals surface area (Å²) in [6, 6.07) is 20.8. The van der Waals surface area contributed by atoms with Crippen molar-refractivity contribution in [2.75, 3.05) is 0 Å². The Bertz CT molecular complexity index is 667. The summed E-state index contributed by atoms with van der Waals surface area (Å²) < 4.78 is 2.61. The maximum absolute atomic E-state index is 10.8. The van der Waals surface area contributed by atoms with Gasteiger partial charge in [0.25, 0.3) is 0 Å². The van der Waals surface area contributed by atoms with Crippen molar-refractivity contribution in [2.45, 2.75) is 0 Å². The molecule has 0 spiro atoms. The third kappa shape index (κ3) is 3.30. The summed E-state index contributed by atoms with van der Waals surface area (Å²) in [4.78, 5) is 10.8. The number of carbonyl (C=O) groups is 1. The molecule has 1 aliphatic rings. The maximum atomic E-state index is 10.8. The molecule has 2 aromatic rings. The molecule has 21 heavy (non-hydrogen) atoms. The van der Waals surface area contributed by atoms with Gasteiger partial charge >= 0.3 is 131 Å². The Morgan fingerprint density at radius 2 is 1.19 bits per heavy atom. The molecule has 102 valence electrons. The molecule has 0 N–H and O–H groups in total. The van der Waals surface area contributed by atoms with E-state index < -0.39 is 0 Å². The Hall–Kier alpha value is -2.15. The summed E-state index contributed by atoms with van der Waals surface area (Å²) in [6.07, 6.45) is 6.72. The van der Waals surface area contributed by atoms with Crippen molar-refractivity contribution in [1.82, 2.24) is 0 Å². The van der Waals surface area contributed by atoms with E-state index in [4.69, 9.17) is 0 Å². The Morgan fingerprint density at radius 1 is 0.714 bits per heavy atom. The second kappa shape index (κ2) is 6.53. The van der Waals surface area contributed by atoms with Crippen molar-refractivity contribution in [2.24, 2.45) is 0 Å². The molecule has 0 atom stereocenters. The minimum atomic E-state index is 0.239. The summed E-state index contributed by atoms with van der Waals surface area (Å²) >= 11 is 0.239. The summed E-state index contributed by atoms with van der Waals surface area (Å²) in [5.41, 5.74) is 3.43. The van der Waals surface area contributed by atoms with Gasteiger partial charge in [0.15, 0.2) is 0 Å². The predicted octanol–water partition coefficient (Wildman–Crippen LogP) is 3.91. The van der Waals surface area contributed by atoms with Crippen molar-refractivity contribution in [1.29, 1.82) is 0 Å². The SMILES string of the molecule is O=CC=C1C=C(c2ccccc2)[Se]C(c2ccccc2)=C1. The van der Waals surface area contributed by atoms with Crippen LogP contribution in [-0.2, 0) is 4.79 Å². The molecule has 0 unspecified atom stereocenters. The van der Waals surface area contributed by atoms with E-state index >= 15 is 0 Å². The van der Waals surface area contributed by atoms with E-state index in [9.17, 15) is 4.79 Å². The molecule has 0 saturated heterocycles. The number of rotatable bonds is 3. The number of hydrogen-bond donors (Lipinski definition) is 0. The molecular weight excluding hydrogens is 323 g/mol. The van der Waals surface area contributed by atoms with Crippen LogP contribution in [-0.4, -0.2) is 21.2 Å². The zero-order valence-electron chi connectivity index (χ0n) is 11.4. The zero-order valence-corrected chi connectivity index (χ0v) is 13.1. The molecule has 0 amide bonds. The van der Waals surface area contributed by atoms with Crippen LogP contribution < -0.4 is 0 Å². The topological polar surface area (TPSA) is 17.1 Å². The fourth-order valence-corrected chi connectivity index (χ4v) is 4.57. The first-order valence-corrected chi connectivity index (χ1v) is 8.46. The zero-order chi connectivity index (χ0) is 14.5. The van der Waals surface area contributed by atoms with Gasteiger partial charge in [0.05, 0.1) is 0 Å². The molecule has 1 heterocycles. The number of benzene rings is 2. The van der Waals surface area contributed by atoms with Crippen LogP contribution in [0.25, 0.3) is 8.94 Å². The van der Waals surface area contributed by atoms with E-state index in [1.54, 1.807) is 6.08 Å². The summed E-state index contributed by atoms with van der Waals surface area (Å²) in [6.45, 7) is 0. The van der Waals surface area contributed by atoms with Crippen molar-refractivity contribution >= 4 is 30.2 Å². The molecule has 0 aliphatic carbocycles. The van der Waals surface area contributed by atoms with Crippen LogP contribution in [0.5, 0.6) is 0 Å². The van der Waals surface area contributed by atoms with Gasteiger partial charge in [0.1, 0.15) is 0 Å². The molecule has 1 aliphatic heterocycles. The number of allylic oxidation sites excluding steroid dienone is 4. The van der Waals surface area contributed by atoms with Crippen LogP contribution in [0.4, 0.5) is 0 Å². The summed E-state index contributed by atoms with van der Waals surface area (Å²) in [5.74, 6) is 0. The van der Waals surface area contributed by atoms with E-state index in [1.807, 2.05) is 12.1 Å². The fourth-order valence-electron chi connectivity index (χ4n) is 2.19. The average Bonchev–Trinajstić information content (AvgIpc) is 2.56. The Labute approximate surface area is 130 Å². The minimum absolute atomic E-state index is 0.239. The molecule has 1 nitrogen and oxygen atoms in total. The van der Waals surface area contributed by atoms with Crippen molar-refractivity contribution in [3.8, 4) is 0 Å². The Kier molecular flexibility index (Phi) is 4.30. The van der Waals surface area contributed by atoms with E-state index in [2.05, 4.69) is 60.7 Å². The Morgan fingerprint density at radius 3 is 1.62 bits per heavy atom. The second-order valence-electron chi connectivity index (χ2n) is 4.65. The quantitative estimate of drug-likeness (QED) is 0.471. The van der Waals surface area contributed by atoms with Crippen LogP contribution in [0.3, 0.4) is 0 Å². The van der Waals surface area contributed by atoms with Gasteiger partial charge < -0.3 is 0 Å². The van der Waals surface area contributed by atoms with E-state index in [0.29, 0.717) is 0 Å². The summed E-state index contributed by atoms with van der Waals surface area (Å²) in [5, 5.41) is 0. The van der Waals surface area contributed by atoms with Crippen molar-refractivity contribution in [3.05, 3.63) is 95.6 Å². The van der Waals surface area contributed by atoms with Gasteiger partial charge in [-0.05, 0) is 0 Å². The number of aldehydes is 1. The normalized spacial score (nSPS) is 14.2. The van der Waals surface area contributed by atoms with Gasteiger partial charge in [0, 0.05) is 0 Å². The first kappa shape index (κ1) is 13.8. The molecule has 2 aromatic carbocycles. The van der Waals surface area contributed by atoms with Crippen LogP contribution in [0, 0.1) is 0 Å². The van der Waals surface area contributed by atoms with E-state index in [-0.39, 0.29) is 15.0 Å². The van der Waals surface area contributed by atoms with Gasteiger partial charge in [-0.25, -0.2) is 0 Å². The molecule has 3 rings (SSSR count). The predicted molar refractivity (Wildman–Crippen MR) is 88.7 cm³/mol. The van der Waals surface area contributed by atoms with Crippen LogP contribution >= 0.6 is 0 Å². The molecule has 0 fully saturated rings. The fraction of sp³-hybridized carbons (Fsp3) is 0. The summed E-state index contributed by atoms with van der Waals surface area (Å²) in [7, 11) is 0. The molecule has 0 saturated carbocycles. The molecule has 0 aromatic heterocycles. The van der Waals surface area contributed by atoms with Crippen LogP contribution in [0.1, 0.15) is 11.1 Å². The van der Waals surface area contributed by atoms with Gasteiger partial charge in [-0.15, -0.1) is 0 Å². The molecule has 0 bridgehead atoms. The standard InChI is InChI=1S/C19H14OSe/c20-12-11-15-13-18(16-7-3-1-4-8-16)21-19(14-15)17-9-5-2-6-10-17/h1-14H. The first-order valence-electron chi connectivity index (χ1n) is 6.74. The van der Waals surface area contributed by atoms with E-state index in [1.165, 1.54) is 20.1 Å². The third-order valence-corrected chi connectivity index (χ3v) is 5.60. The monoisotopic (exact) mass is 338 g/mol. The average molecular weight is 337 g/mol. The first-order chi connectivity index (χ1) is 10.4. The van der Waals surface area contributed by atoms with E-state index in [0.717, 1.165) is 11.9 Å². The molecule has 0 radical (unpaired) electrons.